The van der Waals surface area contributed by atoms with Gasteiger partial charge in [0.05, 0.1) is 22.6 Å². The van der Waals surface area contributed by atoms with Gasteiger partial charge in [-0.1, -0.05) is 18.2 Å². The third kappa shape index (κ3) is 4.51. The number of nitrogens with zero attached hydrogens (tertiary/aromatic N) is 5. The second-order valence-electron chi connectivity index (χ2n) is 10.6. The van der Waals surface area contributed by atoms with E-state index in [9.17, 15) is 22.8 Å². The number of sulfonamides is 1. The molecule has 3 aliphatic rings. The molecule has 12 heteroatoms. The third-order valence-electron chi connectivity index (χ3n) is 7.96. The number of aryl methyl sites for hydroxylation is 1. The summed E-state index contributed by atoms with van der Waals surface area (Å²) >= 11 is 0. The molecule has 3 aliphatic heterocycles. The van der Waals surface area contributed by atoms with Crippen LogP contribution in [0.3, 0.4) is 0 Å². The number of imide groups is 1. The second-order valence-corrected chi connectivity index (χ2v) is 12.5. The van der Waals surface area contributed by atoms with Crippen molar-refractivity contribution in [3.05, 3.63) is 59.9 Å². The summed E-state index contributed by atoms with van der Waals surface area (Å²) in [6, 6.07) is 11.7. The number of carbonyl (C=O) groups excluding carboxylic acids is 3. The number of piperidine rings is 1. The number of likely N-dealkylation sites (N-methyl/N-ethyl adjacent to an activating group) is 1. The van der Waals surface area contributed by atoms with Crippen molar-refractivity contribution in [2.24, 2.45) is 7.05 Å². The molecule has 3 amide bonds. The van der Waals surface area contributed by atoms with Gasteiger partial charge in [0.15, 0.2) is 0 Å². The molecule has 1 N–H and O–H groups in total. The fourth-order valence-electron chi connectivity index (χ4n) is 5.67. The van der Waals surface area contributed by atoms with Crippen LogP contribution in [0.25, 0.3) is 22.5 Å². The van der Waals surface area contributed by atoms with Gasteiger partial charge in [-0.05, 0) is 43.3 Å². The van der Waals surface area contributed by atoms with Crippen LogP contribution in [-0.4, -0.2) is 89.1 Å². The summed E-state index contributed by atoms with van der Waals surface area (Å²) < 4.78 is 29.8. The number of amides is 3. The molecule has 2 aromatic carbocycles. The number of aromatic nitrogens is 2. The Labute approximate surface area is 232 Å². The molecular weight excluding hydrogens is 532 g/mol. The zero-order valence-electron chi connectivity index (χ0n) is 22.3. The number of fused-ring (bicyclic) bond motifs is 1. The number of benzene rings is 2. The maximum absolute atomic E-state index is 13.2. The highest BCUT2D eigenvalue weighted by atomic mass is 32.2. The Hall–Kier alpha value is -3.87. The molecule has 6 rings (SSSR count). The monoisotopic (exact) mass is 562 g/mol. The van der Waals surface area contributed by atoms with Crippen molar-refractivity contribution in [3.63, 3.8) is 0 Å². The number of rotatable bonds is 5. The van der Waals surface area contributed by atoms with Crippen molar-refractivity contribution in [1.82, 2.24) is 29.0 Å². The first-order valence-corrected chi connectivity index (χ1v) is 14.7. The predicted octanol–water partition coefficient (Wildman–Crippen LogP) is 1.45. The van der Waals surface area contributed by atoms with Gasteiger partial charge in [-0.3, -0.25) is 19.7 Å². The molecule has 208 valence electrons. The van der Waals surface area contributed by atoms with Crippen molar-refractivity contribution < 1.29 is 22.8 Å². The lowest BCUT2D eigenvalue weighted by Gasteiger charge is -2.31. The van der Waals surface area contributed by atoms with Crippen LogP contribution in [0.1, 0.15) is 28.8 Å². The van der Waals surface area contributed by atoms with Crippen LogP contribution in [0.5, 0.6) is 0 Å². The summed E-state index contributed by atoms with van der Waals surface area (Å²) in [5, 5.41) is 2.33. The molecule has 3 aromatic rings. The van der Waals surface area contributed by atoms with Crippen molar-refractivity contribution in [3.8, 4) is 22.5 Å². The lowest BCUT2D eigenvalue weighted by Crippen LogP contribution is -2.52. The molecule has 1 unspecified atom stereocenters. The number of carbonyl (C=O) groups is 3. The van der Waals surface area contributed by atoms with E-state index in [2.05, 4.69) is 15.2 Å². The molecule has 11 nitrogen and oxygen atoms in total. The van der Waals surface area contributed by atoms with Gasteiger partial charge in [0, 0.05) is 62.9 Å². The van der Waals surface area contributed by atoms with E-state index < -0.39 is 22.0 Å². The fraction of sp³-hybridized carbons (Fsp3) is 0.357. The van der Waals surface area contributed by atoms with Crippen LogP contribution < -0.4 is 5.32 Å². The minimum Gasteiger partial charge on any atom is -0.333 e. The fourth-order valence-corrected chi connectivity index (χ4v) is 7.09. The second kappa shape index (κ2) is 9.95. The molecule has 1 aromatic heterocycles. The Morgan fingerprint density at radius 3 is 2.33 bits per heavy atom. The molecule has 4 heterocycles. The van der Waals surface area contributed by atoms with E-state index >= 15 is 0 Å². The van der Waals surface area contributed by atoms with Crippen LogP contribution in [0, 0.1) is 0 Å². The number of nitrogens with one attached hydrogen (secondary N) is 1. The summed E-state index contributed by atoms with van der Waals surface area (Å²) in [4.78, 5) is 45.6. The minimum absolute atomic E-state index is 0.203. The van der Waals surface area contributed by atoms with Gasteiger partial charge in [0.25, 0.3) is 5.91 Å². The summed E-state index contributed by atoms with van der Waals surface area (Å²) in [7, 11) is 0.284. The van der Waals surface area contributed by atoms with Gasteiger partial charge < -0.3 is 14.4 Å². The average Bonchev–Trinajstić information content (AvgIpc) is 3.48. The van der Waals surface area contributed by atoms with E-state index in [0.29, 0.717) is 43.9 Å². The number of hydrogen-bond donors (Lipinski definition) is 1. The zero-order valence-corrected chi connectivity index (χ0v) is 23.1. The topological polar surface area (TPSA) is 125 Å². The van der Waals surface area contributed by atoms with E-state index in [0.717, 1.165) is 22.4 Å². The molecule has 1 atom stereocenters. The third-order valence-corrected chi connectivity index (χ3v) is 9.87. The van der Waals surface area contributed by atoms with Crippen LogP contribution in [0.15, 0.2) is 53.7 Å². The molecule has 0 aliphatic carbocycles. The molecule has 0 saturated carbocycles. The van der Waals surface area contributed by atoms with Gasteiger partial charge in [0.1, 0.15) is 6.04 Å². The van der Waals surface area contributed by atoms with Crippen molar-refractivity contribution in [2.45, 2.75) is 30.3 Å². The molecule has 2 fully saturated rings. The van der Waals surface area contributed by atoms with Crippen molar-refractivity contribution in [2.75, 3.05) is 33.2 Å². The summed E-state index contributed by atoms with van der Waals surface area (Å²) in [6.45, 7) is 2.61. The normalized spacial score (nSPS) is 20.6. The van der Waals surface area contributed by atoms with E-state index in [-0.39, 0.29) is 29.7 Å². The van der Waals surface area contributed by atoms with Crippen LogP contribution in [0.4, 0.5) is 0 Å². The summed E-state index contributed by atoms with van der Waals surface area (Å²) in [5.41, 5.74) is 4.46. The van der Waals surface area contributed by atoms with Crippen molar-refractivity contribution >= 4 is 27.7 Å². The maximum Gasteiger partial charge on any atom is 0.255 e. The molecule has 0 spiro atoms. The molecule has 0 bridgehead atoms. The molecule has 40 heavy (non-hydrogen) atoms. The predicted molar refractivity (Wildman–Crippen MR) is 146 cm³/mol. The number of piperazine rings is 1. The first-order chi connectivity index (χ1) is 19.1. The molecule has 0 radical (unpaired) electrons. The van der Waals surface area contributed by atoms with Gasteiger partial charge >= 0.3 is 0 Å². The number of hydrogen-bond acceptors (Lipinski definition) is 7. The average molecular weight is 563 g/mol. The van der Waals surface area contributed by atoms with Gasteiger partial charge in [-0.25, -0.2) is 13.4 Å². The van der Waals surface area contributed by atoms with Gasteiger partial charge in [-0.2, -0.15) is 4.31 Å². The zero-order chi connectivity index (χ0) is 28.2. The first kappa shape index (κ1) is 26.4. The Morgan fingerprint density at radius 1 is 0.925 bits per heavy atom. The Kier molecular flexibility index (Phi) is 6.56. The lowest BCUT2D eigenvalue weighted by molar-refractivity contribution is -0.136. The smallest absolute Gasteiger partial charge is 0.255 e. The highest BCUT2D eigenvalue weighted by Crippen LogP contribution is 2.35. The SMILES string of the molecule is CN1CCN(S(=O)(=O)c2ccc(-c3c(-c4ccc5c(c4)CN(C4CCC(=O)NC4=O)C5=O)ncn3C)cc2)CC1. The first-order valence-electron chi connectivity index (χ1n) is 13.2. The maximum atomic E-state index is 13.2. The van der Waals surface area contributed by atoms with Crippen LogP contribution in [0.2, 0.25) is 0 Å². The van der Waals surface area contributed by atoms with Crippen LogP contribution in [-0.2, 0) is 33.2 Å². The number of imidazole rings is 1. The highest BCUT2D eigenvalue weighted by molar-refractivity contribution is 7.89. The van der Waals surface area contributed by atoms with Gasteiger partial charge in [0.2, 0.25) is 21.8 Å². The highest BCUT2D eigenvalue weighted by Gasteiger charge is 2.39. The van der Waals surface area contributed by atoms with E-state index in [4.69, 9.17) is 0 Å². The largest absolute Gasteiger partial charge is 0.333 e. The van der Waals surface area contributed by atoms with E-state index in [1.165, 1.54) is 9.21 Å². The van der Waals surface area contributed by atoms with Gasteiger partial charge in [-0.15, -0.1) is 0 Å². The van der Waals surface area contributed by atoms with E-state index in [1.54, 1.807) is 36.7 Å². The Balaban J connectivity index is 1.27. The van der Waals surface area contributed by atoms with Crippen LogP contribution >= 0.6 is 0 Å². The van der Waals surface area contributed by atoms with E-state index in [1.807, 2.05) is 30.8 Å². The quantitative estimate of drug-likeness (QED) is 0.467. The summed E-state index contributed by atoms with van der Waals surface area (Å²) in [5.74, 6) is -0.988. The Morgan fingerprint density at radius 2 is 1.62 bits per heavy atom. The standard InChI is InChI=1S/C28H30N6O5S/c1-31-11-13-33(14-12-31)40(38,39)21-6-3-18(4-7-21)26-25(29-17-32(26)2)19-5-8-22-20(15-19)16-34(28(22)37)23-9-10-24(35)30-27(23)36/h3-8,15,17,23H,9-14,16H2,1-2H3,(H,30,35,36). The minimum atomic E-state index is -3.58. The Bertz CT molecular complexity index is 1620. The molecular formula is C28H30N6O5S. The summed E-state index contributed by atoms with van der Waals surface area (Å²) in [6.07, 6.45) is 2.21. The van der Waals surface area contributed by atoms with Crippen molar-refractivity contribution in [1.29, 1.82) is 0 Å². The molecule has 2 saturated heterocycles. The lowest BCUT2D eigenvalue weighted by atomic mass is 10.0.